The maximum Gasteiger partial charge on any atom is 0.303 e. The topological polar surface area (TPSA) is 73.7 Å². The molecular formula is C25H26ClN3O3. The third kappa shape index (κ3) is 5.44. The number of nitrogens with zero attached hydrogens (tertiary/aromatic N) is 3. The van der Waals surface area contributed by atoms with Gasteiger partial charge < -0.3 is 10.0 Å². The van der Waals surface area contributed by atoms with Crippen LogP contribution in [0.4, 0.5) is 0 Å². The van der Waals surface area contributed by atoms with E-state index in [4.69, 9.17) is 21.7 Å². The zero-order valence-electron chi connectivity index (χ0n) is 17.8. The van der Waals surface area contributed by atoms with Crippen molar-refractivity contribution in [3.05, 3.63) is 76.4 Å². The third-order valence-corrected chi connectivity index (χ3v) is 6.12. The van der Waals surface area contributed by atoms with E-state index in [2.05, 4.69) is 17.0 Å². The molecule has 7 heteroatoms. The highest BCUT2D eigenvalue weighted by Crippen LogP contribution is 2.26. The van der Waals surface area contributed by atoms with E-state index in [-0.39, 0.29) is 12.3 Å². The minimum absolute atomic E-state index is 0.0107. The quantitative estimate of drug-likeness (QED) is 0.585. The van der Waals surface area contributed by atoms with Gasteiger partial charge in [-0.2, -0.15) is 0 Å². The Labute approximate surface area is 192 Å². The minimum Gasteiger partial charge on any atom is -0.481 e. The molecular weight excluding hydrogens is 426 g/mol. The highest BCUT2D eigenvalue weighted by Gasteiger charge is 2.22. The summed E-state index contributed by atoms with van der Waals surface area (Å²) in [4.78, 5) is 32.6. The van der Waals surface area contributed by atoms with Gasteiger partial charge in [-0.15, -0.1) is 0 Å². The normalized spacial score (nSPS) is 14.6. The van der Waals surface area contributed by atoms with Gasteiger partial charge in [0.2, 0.25) is 0 Å². The van der Waals surface area contributed by atoms with Crippen LogP contribution in [-0.4, -0.2) is 64.5 Å². The van der Waals surface area contributed by atoms with E-state index in [1.54, 1.807) is 0 Å². The molecule has 1 aliphatic heterocycles. The van der Waals surface area contributed by atoms with Crippen molar-refractivity contribution in [1.29, 1.82) is 0 Å². The summed E-state index contributed by atoms with van der Waals surface area (Å²) in [5, 5.41) is 10.3. The smallest absolute Gasteiger partial charge is 0.303 e. The molecule has 4 rings (SSSR count). The number of carboxylic acids is 1. The molecule has 1 fully saturated rings. The number of halogens is 1. The molecule has 0 radical (unpaired) electrons. The Balaban J connectivity index is 1.45. The maximum atomic E-state index is 13.1. The summed E-state index contributed by atoms with van der Waals surface area (Å²) in [5.41, 5.74) is 3.36. The summed E-state index contributed by atoms with van der Waals surface area (Å²) < 4.78 is 0. The number of piperazine rings is 1. The fourth-order valence-electron chi connectivity index (χ4n) is 4.08. The molecule has 3 aromatic rings. The zero-order chi connectivity index (χ0) is 22.5. The summed E-state index contributed by atoms with van der Waals surface area (Å²) in [6.07, 6.45) is 1.49. The first-order valence-corrected chi connectivity index (χ1v) is 11.2. The highest BCUT2D eigenvalue weighted by atomic mass is 35.5. The van der Waals surface area contributed by atoms with Crippen LogP contribution >= 0.6 is 11.6 Å². The largest absolute Gasteiger partial charge is 0.481 e. The van der Waals surface area contributed by atoms with Crippen LogP contribution in [0.5, 0.6) is 0 Å². The standard InChI is InChI=1S/C25H26ClN3O3/c26-22-17-20(15-18-5-2-1-3-6-18)27-23-16-19(8-9-21(22)23)25(32)29-13-11-28(12-14-29)10-4-7-24(30)31/h1-3,5-6,8-9,16-17H,4,7,10-15H2,(H,30,31). The van der Waals surface area contributed by atoms with Crippen molar-refractivity contribution in [2.24, 2.45) is 0 Å². The second-order valence-electron chi connectivity index (χ2n) is 8.12. The maximum absolute atomic E-state index is 13.1. The molecule has 2 heterocycles. The van der Waals surface area contributed by atoms with E-state index >= 15 is 0 Å². The number of carbonyl (C=O) groups excluding carboxylic acids is 1. The monoisotopic (exact) mass is 451 g/mol. The van der Waals surface area contributed by atoms with Crippen LogP contribution in [0.1, 0.15) is 34.5 Å². The molecule has 1 saturated heterocycles. The first kappa shape index (κ1) is 22.2. The second-order valence-corrected chi connectivity index (χ2v) is 8.53. The summed E-state index contributed by atoms with van der Waals surface area (Å²) in [6, 6.07) is 17.5. The SMILES string of the molecule is O=C(O)CCCN1CCN(C(=O)c2ccc3c(Cl)cc(Cc4ccccc4)nc3c2)CC1. The number of carboxylic acid groups (broad SMARTS) is 1. The molecule has 0 atom stereocenters. The summed E-state index contributed by atoms with van der Waals surface area (Å²) in [7, 11) is 0. The Morgan fingerprint density at radius 3 is 2.47 bits per heavy atom. The molecule has 32 heavy (non-hydrogen) atoms. The number of aliphatic carboxylic acids is 1. The number of carbonyl (C=O) groups is 2. The van der Waals surface area contributed by atoms with E-state index < -0.39 is 5.97 Å². The first-order chi connectivity index (χ1) is 15.5. The van der Waals surface area contributed by atoms with Crippen LogP contribution in [0, 0.1) is 0 Å². The number of hydrogen-bond donors (Lipinski definition) is 1. The van der Waals surface area contributed by atoms with Gasteiger partial charge in [0.15, 0.2) is 0 Å². The van der Waals surface area contributed by atoms with Gasteiger partial charge in [-0.05, 0) is 36.7 Å². The van der Waals surface area contributed by atoms with E-state index in [1.165, 1.54) is 0 Å². The predicted octanol–water partition coefficient (Wildman–Crippen LogP) is 4.10. The van der Waals surface area contributed by atoms with Gasteiger partial charge in [0, 0.05) is 55.7 Å². The van der Waals surface area contributed by atoms with Crippen molar-refractivity contribution in [3.8, 4) is 0 Å². The fraction of sp³-hybridized carbons (Fsp3) is 0.320. The number of benzene rings is 2. The number of aromatic nitrogens is 1. The van der Waals surface area contributed by atoms with Crippen LogP contribution in [0.25, 0.3) is 10.9 Å². The Morgan fingerprint density at radius 2 is 1.75 bits per heavy atom. The Bertz CT molecular complexity index is 1110. The van der Waals surface area contributed by atoms with Crippen LogP contribution < -0.4 is 0 Å². The van der Waals surface area contributed by atoms with Gasteiger partial charge in [-0.3, -0.25) is 19.5 Å². The molecule has 0 saturated carbocycles. The number of amides is 1. The molecule has 1 aliphatic rings. The lowest BCUT2D eigenvalue weighted by atomic mass is 10.1. The molecule has 0 spiro atoms. The van der Waals surface area contributed by atoms with E-state index in [0.717, 1.165) is 41.8 Å². The van der Waals surface area contributed by atoms with Crippen molar-refractivity contribution in [3.63, 3.8) is 0 Å². The molecule has 0 bridgehead atoms. The summed E-state index contributed by atoms with van der Waals surface area (Å²) in [5.74, 6) is -0.778. The predicted molar refractivity (Wildman–Crippen MR) is 125 cm³/mol. The Morgan fingerprint density at radius 1 is 1.00 bits per heavy atom. The molecule has 2 aromatic carbocycles. The van der Waals surface area contributed by atoms with Gasteiger partial charge in [0.05, 0.1) is 10.5 Å². The lowest BCUT2D eigenvalue weighted by Gasteiger charge is -2.34. The minimum atomic E-state index is -0.768. The molecule has 0 unspecified atom stereocenters. The van der Waals surface area contributed by atoms with Crippen LogP contribution in [0.3, 0.4) is 0 Å². The number of rotatable bonds is 7. The Kier molecular flexibility index (Phi) is 7.02. The van der Waals surface area contributed by atoms with Crippen molar-refractivity contribution < 1.29 is 14.7 Å². The van der Waals surface area contributed by atoms with Crippen LogP contribution in [-0.2, 0) is 11.2 Å². The van der Waals surface area contributed by atoms with Gasteiger partial charge in [-0.1, -0.05) is 48.0 Å². The summed E-state index contributed by atoms with van der Waals surface area (Å²) in [6.45, 7) is 3.52. The molecule has 6 nitrogen and oxygen atoms in total. The average Bonchev–Trinajstić information content (AvgIpc) is 2.79. The number of fused-ring (bicyclic) bond motifs is 1. The van der Waals surface area contributed by atoms with Gasteiger partial charge in [-0.25, -0.2) is 0 Å². The van der Waals surface area contributed by atoms with E-state index in [0.29, 0.717) is 36.5 Å². The van der Waals surface area contributed by atoms with Gasteiger partial charge in [0.1, 0.15) is 0 Å². The highest BCUT2D eigenvalue weighted by molar-refractivity contribution is 6.35. The summed E-state index contributed by atoms with van der Waals surface area (Å²) >= 11 is 6.51. The van der Waals surface area contributed by atoms with Gasteiger partial charge in [0.25, 0.3) is 5.91 Å². The van der Waals surface area contributed by atoms with Crippen LogP contribution in [0.15, 0.2) is 54.6 Å². The molecule has 0 aliphatic carbocycles. The molecule has 166 valence electrons. The van der Waals surface area contributed by atoms with Crippen molar-refractivity contribution in [2.75, 3.05) is 32.7 Å². The zero-order valence-corrected chi connectivity index (χ0v) is 18.6. The second kappa shape index (κ2) is 10.1. The molecule has 1 aromatic heterocycles. The fourth-order valence-corrected chi connectivity index (χ4v) is 4.36. The molecule has 1 N–H and O–H groups in total. The van der Waals surface area contributed by atoms with Crippen LogP contribution in [0.2, 0.25) is 5.02 Å². The van der Waals surface area contributed by atoms with Gasteiger partial charge >= 0.3 is 5.97 Å². The first-order valence-electron chi connectivity index (χ1n) is 10.9. The van der Waals surface area contributed by atoms with Crippen molar-refractivity contribution >= 4 is 34.4 Å². The lowest BCUT2D eigenvalue weighted by molar-refractivity contribution is -0.137. The number of pyridine rings is 1. The number of hydrogen-bond acceptors (Lipinski definition) is 4. The van der Waals surface area contributed by atoms with E-state index in [1.807, 2.05) is 47.4 Å². The van der Waals surface area contributed by atoms with Crippen molar-refractivity contribution in [1.82, 2.24) is 14.8 Å². The third-order valence-electron chi connectivity index (χ3n) is 5.81. The lowest BCUT2D eigenvalue weighted by Crippen LogP contribution is -2.48. The van der Waals surface area contributed by atoms with Crippen molar-refractivity contribution in [2.45, 2.75) is 19.3 Å². The Hall–Kier alpha value is -2.96. The molecule has 1 amide bonds. The average molecular weight is 452 g/mol. The van der Waals surface area contributed by atoms with E-state index in [9.17, 15) is 9.59 Å².